The van der Waals surface area contributed by atoms with Crippen LogP contribution in [0, 0.1) is 6.92 Å². The third kappa shape index (κ3) is 3.05. The van der Waals surface area contributed by atoms with Crippen molar-refractivity contribution >= 4 is 0 Å². The van der Waals surface area contributed by atoms with E-state index in [1.807, 2.05) is 6.92 Å². The van der Waals surface area contributed by atoms with E-state index in [4.69, 9.17) is 5.11 Å². The molecule has 2 nitrogen and oxygen atoms in total. The zero-order chi connectivity index (χ0) is 13.0. The molecule has 0 radical (unpaired) electrons. The van der Waals surface area contributed by atoms with Gasteiger partial charge in [-0.05, 0) is 55.2 Å². The van der Waals surface area contributed by atoms with E-state index in [0.717, 1.165) is 24.0 Å². The highest BCUT2D eigenvalue weighted by Crippen LogP contribution is 2.39. The van der Waals surface area contributed by atoms with E-state index in [-0.39, 0.29) is 6.61 Å². The summed E-state index contributed by atoms with van der Waals surface area (Å²) < 4.78 is 0. The Bertz CT molecular complexity index is 392. The zero-order valence-corrected chi connectivity index (χ0v) is 11.3. The minimum Gasteiger partial charge on any atom is -0.507 e. The van der Waals surface area contributed by atoms with E-state index in [2.05, 4.69) is 12.1 Å². The van der Waals surface area contributed by atoms with E-state index in [9.17, 15) is 5.11 Å². The van der Waals surface area contributed by atoms with Gasteiger partial charge in [-0.15, -0.1) is 0 Å². The van der Waals surface area contributed by atoms with Crippen molar-refractivity contribution in [1.29, 1.82) is 0 Å². The van der Waals surface area contributed by atoms with Crippen molar-refractivity contribution in [3.63, 3.8) is 0 Å². The van der Waals surface area contributed by atoms with Crippen LogP contribution < -0.4 is 0 Å². The Labute approximate surface area is 110 Å². The number of rotatable bonds is 4. The minimum absolute atomic E-state index is 0.235. The van der Waals surface area contributed by atoms with Gasteiger partial charge in [-0.1, -0.05) is 31.4 Å². The van der Waals surface area contributed by atoms with Gasteiger partial charge in [0, 0.05) is 6.61 Å². The van der Waals surface area contributed by atoms with Crippen molar-refractivity contribution in [2.75, 3.05) is 6.61 Å². The number of phenols is 1. The van der Waals surface area contributed by atoms with Crippen molar-refractivity contribution in [3.8, 4) is 5.75 Å². The molecule has 2 rings (SSSR count). The molecule has 1 aliphatic rings. The summed E-state index contributed by atoms with van der Waals surface area (Å²) in [4.78, 5) is 0. The lowest BCUT2D eigenvalue weighted by molar-refractivity contribution is 0.288. The highest BCUT2D eigenvalue weighted by Gasteiger charge is 2.20. The van der Waals surface area contributed by atoms with Crippen molar-refractivity contribution in [2.24, 2.45) is 0 Å². The molecule has 1 aromatic carbocycles. The van der Waals surface area contributed by atoms with Gasteiger partial charge in [-0.25, -0.2) is 0 Å². The summed E-state index contributed by atoms with van der Waals surface area (Å²) in [7, 11) is 0. The second-order valence-corrected chi connectivity index (χ2v) is 5.51. The van der Waals surface area contributed by atoms with Gasteiger partial charge >= 0.3 is 0 Å². The monoisotopic (exact) mass is 248 g/mol. The number of hydrogen-bond donors (Lipinski definition) is 2. The summed E-state index contributed by atoms with van der Waals surface area (Å²) in [5.74, 6) is 1.03. The fourth-order valence-corrected chi connectivity index (χ4v) is 3.04. The SMILES string of the molecule is Cc1cc(CCCO)cc(C2CCCCC2)c1O. The van der Waals surface area contributed by atoms with Crippen LogP contribution in [0.15, 0.2) is 12.1 Å². The Morgan fingerprint density at radius 2 is 1.89 bits per heavy atom. The van der Waals surface area contributed by atoms with Gasteiger partial charge in [0.15, 0.2) is 0 Å². The fraction of sp³-hybridized carbons (Fsp3) is 0.625. The van der Waals surface area contributed by atoms with Crippen LogP contribution in [0.5, 0.6) is 5.75 Å². The molecule has 1 aromatic rings. The number of hydrogen-bond acceptors (Lipinski definition) is 2. The first-order valence-corrected chi connectivity index (χ1v) is 7.15. The smallest absolute Gasteiger partial charge is 0.121 e. The Morgan fingerprint density at radius 3 is 2.56 bits per heavy atom. The lowest BCUT2D eigenvalue weighted by Gasteiger charge is -2.24. The number of aryl methyl sites for hydroxylation is 2. The molecular formula is C16H24O2. The Hall–Kier alpha value is -1.02. The van der Waals surface area contributed by atoms with Crippen LogP contribution in [0.1, 0.15) is 61.1 Å². The van der Waals surface area contributed by atoms with Crippen molar-refractivity contribution in [2.45, 2.75) is 57.8 Å². The summed E-state index contributed by atoms with van der Waals surface area (Å²) >= 11 is 0. The molecule has 1 saturated carbocycles. The molecule has 1 aliphatic carbocycles. The summed E-state index contributed by atoms with van der Waals surface area (Å²) in [5.41, 5.74) is 3.37. The Kier molecular flexibility index (Phi) is 4.65. The Morgan fingerprint density at radius 1 is 1.17 bits per heavy atom. The highest BCUT2D eigenvalue weighted by atomic mass is 16.3. The molecule has 1 fully saturated rings. The largest absolute Gasteiger partial charge is 0.507 e. The maximum Gasteiger partial charge on any atom is 0.121 e. The summed E-state index contributed by atoms with van der Waals surface area (Å²) in [6.45, 7) is 2.21. The van der Waals surface area contributed by atoms with Crippen LogP contribution in [0.25, 0.3) is 0 Å². The maximum atomic E-state index is 10.3. The average molecular weight is 248 g/mol. The van der Waals surface area contributed by atoms with Crippen LogP contribution in [0.2, 0.25) is 0 Å². The lowest BCUT2D eigenvalue weighted by atomic mass is 9.82. The highest BCUT2D eigenvalue weighted by molar-refractivity contribution is 5.45. The molecule has 0 bridgehead atoms. The molecule has 0 saturated heterocycles. The minimum atomic E-state index is 0.235. The summed E-state index contributed by atoms with van der Waals surface area (Å²) in [6.07, 6.45) is 8.01. The molecule has 0 amide bonds. The van der Waals surface area contributed by atoms with Crippen LogP contribution in [0.4, 0.5) is 0 Å². The number of phenolic OH excluding ortho intramolecular Hbond substituents is 1. The number of benzene rings is 1. The normalized spacial score (nSPS) is 17.0. The van der Waals surface area contributed by atoms with Crippen molar-refractivity contribution in [3.05, 3.63) is 28.8 Å². The molecule has 0 heterocycles. The quantitative estimate of drug-likeness (QED) is 0.853. The number of aliphatic hydroxyl groups is 1. The first-order chi connectivity index (χ1) is 8.72. The first kappa shape index (κ1) is 13.4. The zero-order valence-electron chi connectivity index (χ0n) is 11.3. The second kappa shape index (κ2) is 6.24. The standard InChI is InChI=1S/C16H24O2/c1-12-10-13(6-5-9-17)11-15(16(12)18)14-7-3-2-4-8-14/h10-11,14,17-18H,2-9H2,1H3. The Balaban J connectivity index is 2.23. The maximum absolute atomic E-state index is 10.3. The van der Waals surface area contributed by atoms with Crippen molar-refractivity contribution < 1.29 is 10.2 Å². The van der Waals surface area contributed by atoms with Crippen molar-refractivity contribution in [1.82, 2.24) is 0 Å². The lowest BCUT2D eigenvalue weighted by Crippen LogP contribution is -2.06. The third-order valence-electron chi connectivity index (χ3n) is 4.06. The van der Waals surface area contributed by atoms with Gasteiger partial charge in [0.2, 0.25) is 0 Å². The molecule has 0 unspecified atom stereocenters. The average Bonchev–Trinajstić information content (AvgIpc) is 2.41. The van der Waals surface area contributed by atoms with Gasteiger partial charge in [0.25, 0.3) is 0 Å². The number of aromatic hydroxyl groups is 1. The molecule has 0 aromatic heterocycles. The predicted molar refractivity (Wildman–Crippen MR) is 74.1 cm³/mol. The van der Waals surface area contributed by atoms with Gasteiger partial charge in [0.05, 0.1) is 0 Å². The fourth-order valence-electron chi connectivity index (χ4n) is 3.04. The van der Waals surface area contributed by atoms with E-state index < -0.39 is 0 Å². The molecule has 0 spiro atoms. The summed E-state index contributed by atoms with van der Waals surface area (Å²) in [5, 5.41) is 19.2. The molecule has 0 atom stereocenters. The van der Waals surface area contributed by atoms with Gasteiger partial charge < -0.3 is 10.2 Å². The molecule has 2 heteroatoms. The first-order valence-electron chi connectivity index (χ1n) is 7.15. The van der Waals surface area contributed by atoms with Gasteiger partial charge in [-0.2, -0.15) is 0 Å². The topological polar surface area (TPSA) is 40.5 Å². The van der Waals surface area contributed by atoms with Gasteiger partial charge in [-0.3, -0.25) is 0 Å². The molecular weight excluding hydrogens is 224 g/mol. The van der Waals surface area contributed by atoms with Crippen LogP contribution in [0.3, 0.4) is 0 Å². The van der Waals surface area contributed by atoms with Crippen LogP contribution >= 0.6 is 0 Å². The number of aliphatic hydroxyl groups excluding tert-OH is 1. The van der Waals surface area contributed by atoms with E-state index in [0.29, 0.717) is 11.7 Å². The van der Waals surface area contributed by atoms with Gasteiger partial charge in [0.1, 0.15) is 5.75 Å². The third-order valence-corrected chi connectivity index (χ3v) is 4.06. The van der Waals surface area contributed by atoms with E-state index in [1.165, 1.54) is 37.7 Å². The van der Waals surface area contributed by atoms with Crippen LogP contribution in [-0.4, -0.2) is 16.8 Å². The molecule has 2 N–H and O–H groups in total. The molecule has 100 valence electrons. The van der Waals surface area contributed by atoms with E-state index in [1.54, 1.807) is 0 Å². The molecule has 0 aliphatic heterocycles. The second-order valence-electron chi connectivity index (χ2n) is 5.51. The predicted octanol–water partition coefficient (Wildman–Crippen LogP) is 3.67. The molecule has 18 heavy (non-hydrogen) atoms. The van der Waals surface area contributed by atoms with E-state index >= 15 is 0 Å². The van der Waals surface area contributed by atoms with Crippen LogP contribution in [-0.2, 0) is 6.42 Å². The summed E-state index contributed by atoms with van der Waals surface area (Å²) in [6, 6.07) is 4.21.